The quantitative estimate of drug-likeness (QED) is 0.668. The molecule has 2 rings (SSSR count). The number of carbonyl (C=O) groups is 2. The van der Waals surface area contributed by atoms with Crippen molar-refractivity contribution in [2.75, 3.05) is 0 Å². The van der Waals surface area contributed by atoms with E-state index in [0.717, 1.165) is 18.2 Å². The molecule has 1 aliphatic rings. The number of hydrogen-bond donors (Lipinski definition) is 4. The van der Waals surface area contributed by atoms with E-state index >= 15 is 0 Å². The lowest BCUT2D eigenvalue weighted by atomic mass is 9.79. The molecular formula is C15H13F3N2O4. The first-order valence-corrected chi connectivity index (χ1v) is 6.65. The molecule has 1 aliphatic heterocycles. The second-order valence-electron chi connectivity index (χ2n) is 5.12. The first-order valence-electron chi connectivity index (χ1n) is 6.65. The molecule has 1 atom stereocenters. The van der Waals surface area contributed by atoms with Crippen molar-refractivity contribution in [3.8, 4) is 0 Å². The molecule has 0 fully saturated rings. The van der Waals surface area contributed by atoms with Gasteiger partial charge in [-0.05, 0) is 18.6 Å². The SMILES string of the molecule is CC1=C(C(=O)O)C(c2ccccc2C(F)(F)F)C(C(=O)O)=C(N)N1. The van der Waals surface area contributed by atoms with Crippen LogP contribution in [0.3, 0.4) is 0 Å². The van der Waals surface area contributed by atoms with Crippen molar-refractivity contribution in [2.24, 2.45) is 5.73 Å². The average Bonchev–Trinajstić information content (AvgIpc) is 2.44. The van der Waals surface area contributed by atoms with Crippen molar-refractivity contribution >= 4 is 11.9 Å². The van der Waals surface area contributed by atoms with E-state index in [1.807, 2.05) is 0 Å². The number of dihydropyridines is 1. The number of alkyl halides is 3. The largest absolute Gasteiger partial charge is 0.478 e. The van der Waals surface area contributed by atoms with Crippen LogP contribution in [0, 0.1) is 0 Å². The Labute approximate surface area is 134 Å². The number of nitrogens with one attached hydrogen (secondary N) is 1. The molecule has 5 N–H and O–H groups in total. The van der Waals surface area contributed by atoms with E-state index in [2.05, 4.69) is 5.32 Å². The minimum Gasteiger partial charge on any atom is -0.478 e. The molecule has 1 unspecified atom stereocenters. The zero-order valence-corrected chi connectivity index (χ0v) is 12.3. The minimum absolute atomic E-state index is 0.0213. The van der Waals surface area contributed by atoms with Gasteiger partial charge in [-0.25, -0.2) is 9.59 Å². The number of allylic oxidation sites excluding steroid dienone is 1. The van der Waals surface area contributed by atoms with Crippen molar-refractivity contribution in [1.29, 1.82) is 0 Å². The summed E-state index contributed by atoms with van der Waals surface area (Å²) in [6, 6.07) is 4.22. The van der Waals surface area contributed by atoms with Gasteiger partial charge in [-0.15, -0.1) is 0 Å². The highest BCUT2D eigenvalue weighted by Gasteiger charge is 2.42. The predicted octanol–water partition coefficient (Wildman–Crippen LogP) is 2.01. The molecule has 0 aromatic heterocycles. The van der Waals surface area contributed by atoms with Crippen LogP contribution in [0.5, 0.6) is 0 Å². The summed E-state index contributed by atoms with van der Waals surface area (Å²) < 4.78 is 39.8. The normalized spacial score (nSPS) is 18.4. The summed E-state index contributed by atoms with van der Waals surface area (Å²) in [5, 5.41) is 21.1. The van der Waals surface area contributed by atoms with Crippen LogP contribution in [-0.4, -0.2) is 22.2 Å². The monoisotopic (exact) mass is 342 g/mol. The summed E-state index contributed by atoms with van der Waals surface area (Å²) in [7, 11) is 0. The topological polar surface area (TPSA) is 113 Å². The fraction of sp³-hybridized carbons (Fsp3) is 0.200. The molecule has 1 heterocycles. The van der Waals surface area contributed by atoms with Gasteiger partial charge >= 0.3 is 18.1 Å². The molecule has 1 aromatic carbocycles. The van der Waals surface area contributed by atoms with E-state index in [1.165, 1.54) is 13.0 Å². The molecule has 128 valence electrons. The predicted molar refractivity (Wildman–Crippen MR) is 76.5 cm³/mol. The Balaban J connectivity index is 2.82. The standard InChI is InChI=1S/C15H13F3N2O4/c1-6-9(13(21)22)10(11(14(23)24)12(19)20-6)7-4-2-3-5-8(7)15(16,17)18/h2-5,10,20H,19H2,1H3,(H,21,22)(H,23,24). The van der Waals surface area contributed by atoms with Gasteiger partial charge in [0.2, 0.25) is 0 Å². The second kappa shape index (κ2) is 5.91. The Morgan fingerprint density at radius 3 is 2.17 bits per heavy atom. The number of benzene rings is 1. The summed E-state index contributed by atoms with van der Waals surface area (Å²) >= 11 is 0. The zero-order chi connectivity index (χ0) is 18.2. The molecule has 0 radical (unpaired) electrons. The highest BCUT2D eigenvalue weighted by atomic mass is 19.4. The summed E-state index contributed by atoms with van der Waals surface area (Å²) in [6.45, 7) is 1.30. The van der Waals surface area contributed by atoms with E-state index in [9.17, 15) is 33.0 Å². The van der Waals surface area contributed by atoms with Gasteiger partial charge in [0.05, 0.1) is 22.6 Å². The van der Waals surface area contributed by atoms with Crippen molar-refractivity contribution in [2.45, 2.75) is 19.0 Å². The van der Waals surface area contributed by atoms with Gasteiger partial charge in [-0.3, -0.25) is 0 Å². The van der Waals surface area contributed by atoms with Gasteiger partial charge < -0.3 is 21.3 Å². The van der Waals surface area contributed by atoms with E-state index in [0.29, 0.717) is 0 Å². The molecule has 0 spiro atoms. The molecule has 6 nitrogen and oxygen atoms in total. The summed E-state index contributed by atoms with van der Waals surface area (Å²) in [6.07, 6.45) is -4.78. The highest BCUT2D eigenvalue weighted by molar-refractivity contribution is 5.98. The van der Waals surface area contributed by atoms with Gasteiger partial charge in [0.25, 0.3) is 0 Å². The maximum absolute atomic E-state index is 13.3. The van der Waals surface area contributed by atoms with Crippen LogP contribution in [-0.2, 0) is 15.8 Å². The zero-order valence-electron chi connectivity index (χ0n) is 12.3. The van der Waals surface area contributed by atoms with Crippen molar-refractivity contribution in [3.63, 3.8) is 0 Å². The summed E-state index contributed by atoms with van der Waals surface area (Å²) in [4.78, 5) is 23.1. The third kappa shape index (κ3) is 2.92. The van der Waals surface area contributed by atoms with Crippen LogP contribution in [0.4, 0.5) is 13.2 Å². The Kier molecular flexibility index (Phi) is 4.28. The molecule has 0 bridgehead atoms. The van der Waals surface area contributed by atoms with Crippen molar-refractivity contribution in [1.82, 2.24) is 5.32 Å². The van der Waals surface area contributed by atoms with Crippen LogP contribution < -0.4 is 11.1 Å². The van der Waals surface area contributed by atoms with Crippen molar-refractivity contribution < 1.29 is 33.0 Å². The summed E-state index contributed by atoms with van der Waals surface area (Å²) in [5.74, 6) is -5.19. The smallest absolute Gasteiger partial charge is 0.416 e. The molecule has 0 saturated carbocycles. The molecular weight excluding hydrogens is 329 g/mol. The fourth-order valence-corrected chi connectivity index (χ4v) is 2.69. The highest BCUT2D eigenvalue weighted by Crippen LogP contribution is 2.43. The number of aliphatic carboxylic acids is 2. The van der Waals surface area contributed by atoms with E-state index in [1.54, 1.807) is 0 Å². The lowest BCUT2D eigenvalue weighted by molar-refractivity contribution is -0.139. The van der Waals surface area contributed by atoms with Crippen molar-refractivity contribution in [3.05, 3.63) is 58.1 Å². The van der Waals surface area contributed by atoms with E-state index < -0.39 is 52.1 Å². The van der Waals surface area contributed by atoms with Crippen LogP contribution in [0.2, 0.25) is 0 Å². The molecule has 0 saturated heterocycles. The first-order chi connectivity index (χ1) is 11.1. The van der Waals surface area contributed by atoms with Gasteiger partial charge in [-0.1, -0.05) is 18.2 Å². The Bertz CT molecular complexity index is 745. The Morgan fingerprint density at radius 2 is 1.67 bits per heavy atom. The van der Waals surface area contributed by atoms with Crippen LogP contribution in [0.25, 0.3) is 0 Å². The Hall–Kier alpha value is -2.97. The third-order valence-electron chi connectivity index (χ3n) is 3.63. The number of carboxylic acids is 2. The third-order valence-corrected chi connectivity index (χ3v) is 3.63. The molecule has 24 heavy (non-hydrogen) atoms. The summed E-state index contributed by atoms with van der Waals surface area (Å²) in [5.41, 5.74) is 2.83. The lowest BCUT2D eigenvalue weighted by Gasteiger charge is -2.29. The van der Waals surface area contributed by atoms with Crippen LogP contribution in [0.15, 0.2) is 46.9 Å². The molecule has 9 heteroatoms. The Morgan fingerprint density at radius 1 is 1.12 bits per heavy atom. The molecule has 1 aromatic rings. The number of rotatable bonds is 3. The van der Waals surface area contributed by atoms with Crippen LogP contribution in [0.1, 0.15) is 24.0 Å². The van der Waals surface area contributed by atoms with Gasteiger partial charge in [-0.2, -0.15) is 13.2 Å². The number of halogens is 3. The molecule has 0 aliphatic carbocycles. The maximum atomic E-state index is 13.3. The van der Waals surface area contributed by atoms with Crippen LogP contribution >= 0.6 is 0 Å². The van der Waals surface area contributed by atoms with Gasteiger partial charge in [0, 0.05) is 5.70 Å². The number of hydrogen-bond acceptors (Lipinski definition) is 4. The van der Waals surface area contributed by atoms with E-state index in [-0.39, 0.29) is 5.70 Å². The number of carboxylic acid groups (broad SMARTS) is 2. The van der Waals surface area contributed by atoms with Gasteiger partial charge in [0.1, 0.15) is 5.82 Å². The van der Waals surface area contributed by atoms with Gasteiger partial charge in [0.15, 0.2) is 0 Å². The fourth-order valence-electron chi connectivity index (χ4n) is 2.69. The second-order valence-corrected chi connectivity index (χ2v) is 5.12. The lowest BCUT2D eigenvalue weighted by Crippen LogP contribution is -2.35. The minimum atomic E-state index is -4.78. The first kappa shape index (κ1) is 17.4. The average molecular weight is 342 g/mol. The van der Waals surface area contributed by atoms with E-state index in [4.69, 9.17) is 5.73 Å². The number of nitrogens with two attached hydrogens (primary N) is 1. The molecule has 0 amide bonds. The maximum Gasteiger partial charge on any atom is 0.416 e.